The Hall–Kier alpha value is -1.52. The molecule has 0 bridgehead atoms. The monoisotopic (exact) mass is 472 g/mol. The van der Waals surface area contributed by atoms with Gasteiger partial charge in [0.1, 0.15) is 6.10 Å². The van der Waals surface area contributed by atoms with Crippen molar-refractivity contribution in [3.8, 4) is 0 Å². The number of ether oxygens (including phenoxy) is 1. The Morgan fingerprint density at radius 3 is 2.70 bits per heavy atom. The van der Waals surface area contributed by atoms with Gasteiger partial charge in [-0.3, -0.25) is 9.69 Å². The van der Waals surface area contributed by atoms with E-state index in [1.807, 2.05) is 0 Å². The Morgan fingerprint density at radius 1 is 1.18 bits per heavy atom. The van der Waals surface area contributed by atoms with Crippen molar-refractivity contribution >= 4 is 29.3 Å². The van der Waals surface area contributed by atoms with Gasteiger partial charge in [-0.15, -0.1) is 12.4 Å². The Balaban J connectivity index is 0.00000259. The first-order valence-corrected chi connectivity index (χ1v) is 13.1. The molecular formula is C28H41ClN2O2. The molecule has 2 heterocycles. The van der Waals surface area contributed by atoms with Crippen LogP contribution in [0.1, 0.15) is 95.2 Å². The number of nitrogens with zero attached hydrogens (tertiary/aromatic N) is 2. The van der Waals surface area contributed by atoms with Crippen molar-refractivity contribution in [2.45, 2.75) is 103 Å². The van der Waals surface area contributed by atoms with E-state index in [4.69, 9.17) is 4.74 Å². The average molecular weight is 473 g/mol. The summed E-state index contributed by atoms with van der Waals surface area (Å²) in [5.74, 6) is 0.484. The summed E-state index contributed by atoms with van der Waals surface area (Å²) >= 11 is 0. The highest BCUT2D eigenvalue weighted by Crippen LogP contribution is 2.46. The van der Waals surface area contributed by atoms with E-state index in [9.17, 15) is 4.79 Å². The van der Waals surface area contributed by atoms with Crippen LogP contribution in [0.15, 0.2) is 24.4 Å². The Bertz CT molecular complexity index is 962. The lowest BCUT2D eigenvalue weighted by Gasteiger charge is -2.46. The van der Waals surface area contributed by atoms with Crippen LogP contribution >= 0.6 is 12.4 Å². The number of piperidine rings is 1. The van der Waals surface area contributed by atoms with Crippen LogP contribution in [0.3, 0.4) is 0 Å². The number of likely N-dealkylation sites (tertiary alicyclic amines) is 1. The molecule has 0 spiro atoms. The molecule has 0 amide bonds. The molecule has 182 valence electrons. The summed E-state index contributed by atoms with van der Waals surface area (Å²) in [4.78, 5) is 15.9. The van der Waals surface area contributed by atoms with Crippen LogP contribution in [0.5, 0.6) is 0 Å². The fourth-order valence-corrected chi connectivity index (χ4v) is 6.59. The molecule has 2 unspecified atom stereocenters. The highest BCUT2D eigenvalue weighted by atomic mass is 35.5. The van der Waals surface area contributed by atoms with Crippen LogP contribution in [0, 0.1) is 5.92 Å². The lowest BCUT2D eigenvalue weighted by molar-refractivity contribution is -0.158. The Labute approximate surface area is 205 Å². The largest absolute Gasteiger partial charge is 0.462 e. The van der Waals surface area contributed by atoms with E-state index in [2.05, 4.69) is 54.6 Å². The third kappa shape index (κ3) is 4.71. The molecule has 1 aromatic carbocycles. The Kier molecular flexibility index (Phi) is 7.75. The van der Waals surface area contributed by atoms with Gasteiger partial charge in [-0.2, -0.15) is 0 Å². The number of hydrogen-bond acceptors (Lipinski definition) is 3. The minimum absolute atomic E-state index is 0. The smallest absolute Gasteiger partial charge is 0.310 e. The van der Waals surface area contributed by atoms with E-state index < -0.39 is 0 Å². The number of aromatic nitrogens is 1. The second-order valence-corrected chi connectivity index (χ2v) is 10.8. The number of unbranched alkanes of at least 4 members (excludes halogenated alkanes) is 1. The summed E-state index contributed by atoms with van der Waals surface area (Å²) in [6.45, 7) is 8.75. The maximum atomic E-state index is 13.3. The molecule has 1 aromatic heterocycles. The zero-order valence-corrected chi connectivity index (χ0v) is 21.4. The van der Waals surface area contributed by atoms with Crippen LogP contribution < -0.4 is 0 Å². The maximum Gasteiger partial charge on any atom is 0.310 e. The number of carbonyl (C=O) groups excluding carboxylic acids is 1. The van der Waals surface area contributed by atoms with Crippen molar-refractivity contribution in [1.29, 1.82) is 0 Å². The van der Waals surface area contributed by atoms with Gasteiger partial charge in [-0.05, 0) is 82.5 Å². The lowest BCUT2D eigenvalue weighted by Crippen LogP contribution is -2.52. The first kappa shape index (κ1) is 24.6. The van der Waals surface area contributed by atoms with Gasteiger partial charge in [0.25, 0.3) is 0 Å². The summed E-state index contributed by atoms with van der Waals surface area (Å²) in [6, 6.07) is 7.79. The summed E-state index contributed by atoms with van der Waals surface area (Å²) in [5.41, 5.74) is 4.32. The second-order valence-electron chi connectivity index (χ2n) is 10.8. The minimum Gasteiger partial charge on any atom is -0.462 e. The van der Waals surface area contributed by atoms with E-state index in [0.717, 1.165) is 38.8 Å². The number of hydrogen-bond donors (Lipinski definition) is 0. The first-order chi connectivity index (χ1) is 15.6. The van der Waals surface area contributed by atoms with Gasteiger partial charge in [-0.1, -0.05) is 31.9 Å². The SMILES string of the molecule is CCCCN1C[C@H](C(=O)OC2CCCCC2)CC2c3cccc4c3c(cn4C(C)C)CC21.Cl. The molecule has 33 heavy (non-hydrogen) atoms. The molecule has 4 nitrogen and oxygen atoms in total. The topological polar surface area (TPSA) is 34.5 Å². The lowest BCUT2D eigenvalue weighted by atomic mass is 9.72. The molecule has 0 N–H and O–H groups in total. The molecule has 1 saturated carbocycles. The van der Waals surface area contributed by atoms with Gasteiger partial charge in [-0.25, -0.2) is 0 Å². The number of halogens is 1. The van der Waals surface area contributed by atoms with E-state index in [0.29, 0.717) is 18.0 Å². The normalized spacial score (nSPS) is 25.6. The van der Waals surface area contributed by atoms with Crippen LogP contribution in [0.4, 0.5) is 0 Å². The number of benzene rings is 1. The van der Waals surface area contributed by atoms with Gasteiger partial charge in [0, 0.05) is 41.6 Å². The standard InChI is InChI=1S/C28H40N2O2.ClH/c1-4-5-14-29-17-21(28(31)32-22-10-7-6-8-11-22)15-24-23-12-9-13-25-27(23)20(16-26(24)29)18-30(25)19(2)3;/h9,12-13,18-19,21-22,24,26H,4-8,10-11,14-17H2,1-3H3;1H/t21-,24?,26?;/m1./s1. The van der Waals surface area contributed by atoms with Crippen molar-refractivity contribution in [3.63, 3.8) is 0 Å². The van der Waals surface area contributed by atoms with Crippen LogP contribution in [0.2, 0.25) is 0 Å². The quantitative estimate of drug-likeness (QED) is 0.441. The zero-order chi connectivity index (χ0) is 22.2. The fraction of sp³-hybridized carbons (Fsp3) is 0.679. The molecule has 2 aromatic rings. The number of rotatable bonds is 6. The average Bonchev–Trinajstić information content (AvgIpc) is 3.18. The predicted molar refractivity (Wildman–Crippen MR) is 137 cm³/mol. The molecule has 2 aliphatic carbocycles. The molecular weight excluding hydrogens is 432 g/mol. The zero-order valence-electron chi connectivity index (χ0n) is 20.6. The van der Waals surface area contributed by atoms with Gasteiger partial charge >= 0.3 is 5.97 Å². The fourth-order valence-electron chi connectivity index (χ4n) is 6.59. The van der Waals surface area contributed by atoms with Crippen molar-refractivity contribution < 1.29 is 9.53 Å². The van der Waals surface area contributed by atoms with E-state index in [1.165, 1.54) is 54.1 Å². The summed E-state index contributed by atoms with van der Waals surface area (Å²) in [6.07, 6.45) is 12.8. The van der Waals surface area contributed by atoms with Crippen molar-refractivity contribution in [2.24, 2.45) is 5.92 Å². The maximum absolute atomic E-state index is 13.3. The first-order valence-electron chi connectivity index (χ1n) is 13.1. The van der Waals surface area contributed by atoms with Crippen LogP contribution in [0.25, 0.3) is 10.9 Å². The molecule has 5 rings (SSSR count). The summed E-state index contributed by atoms with van der Waals surface area (Å²) in [7, 11) is 0. The van der Waals surface area contributed by atoms with Crippen LogP contribution in [-0.2, 0) is 16.0 Å². The van der Waals surface area contributed by atoms with Crippen molar-refractivity contribution in [3.05, 3.63) is 35.5 Å². The van der Waals surface area contributed by atoms with Gasteiger partial charge in [0.15, 0.2) is 0 Å². The molecule has 1 aliphatic heterocycles. The van der Waals surface area contributed by atoms with Crippen molar-refractivity contribution in [2.75, 3.05) is 13.1 Å². The van der Waals surface area contributed by atoms with E-state index in [-0.39, 0.29) is 30.4 Å². The summed E-state index contributed by atoms with van der Waals surface area (Å²) < 4.78 is 8.51. The van der Waals surface area contributed by atoms with E-state index in [1.54, 1.807) is 0 Å². The number of esters is 1. The third-order valence-corrected chi connectivity index (χ3v) is 8.25. The van der Waals surface area contributed by atoms with Crippen LogP contribution in [-0.4, -0.2) is 40.7 Å². The number of carbonyl (C=O) groups is 1. The highest BCUT2D eigenvalue weighted by molar-refractivity contribution is 5.89. The second kappa shape index (κ2) is 10.4. The molecule has 2 fully saturated rings. The third-order valence-electron chi connectivity index (χ3n) is 8.25. The van der Waals surface area contributed by atoms with Crippen molar-refractivity contribution in [1.82, 2.24) is 9.47 Å². The van der Waals surface area contributed by atoms with E-state index >= 15 is 0 Å². The highest BCUT2D eigenvalue weighted by Gasteiger charge is 2.43. The minimum atomic E-state index is -0.000904. The molecule has 1 saturated heterocycles. The molecule has 3 atom stereocenters. The molecule has 0 radical (unpaired) electrons. The predicted octanol–water partition coefficient (Wildman–Crippen LogP) is 6.65. The van der Waals surface area contributed by atoms with Gasteiger partial charge in [0.2, 0.25) is 0 Å². The van der Waals surface area contributed by atoms with Gasteiger partial charge in [0.05, 0.1) is 5.92 Å². The molecule has 3 aliphatic rings. The number of fused-ring (bicyclic) bond motifs is 2. The Morgan fingerprint density at radius 2 is 1.97 bits per heavy atom. The summed E-state index contributed by atoms with van der Waals surface area (Å²) in [5, 5.41) is 1.46. The molecule has 5 heteroatoms. The van der Waals surface area contributed by atoms with Gasteiger partial charge < -0.3 is 9.30 Å².